The summed E-state index contributed by atoms with van der Waals surface area (Å²) in [4.78, 5) is 24.0. The van der Waals surface area contributed by atoms with Crippen molar-refractivity contribution in [1.29, 1.82) is 0 Å². The van der Waals surface area contributed by atoms with E-state index in [-0.39, 0.29) is 12.3 Å². The van der Waals surface area contributed by atoms with Crippen LogP contribution in [0.2, 0.25) is 0 Å². The van der Waals surface area contributed by atoms with Gasteiger partial charge in [0, 0.05) is 12.3 Å². The molecule has 28 heavy (non-hydrogen) atoms. The summed E-state index contributed by atoms with van der Waals surface area (Å²) in [5, 5.41) is 0. The first-order valence-electron chi connectivity index (χ1n) is 9.18. The molecule has 3 rings (SSSR count). The summed E-state index contributed by atoms with van der Waals surface area (Å²) < 4.78 is 4.61. The average Bonchev–Trinajstić information content (AvgIpc) is 2.77. The van der Waals surface area contributed by atoms with Crippen LogP contribution in [0.3, 0.4) is 0 Å². The lowest BCUT2D eigenvalue weighted by molar-refractivity contribution is -0.151. The van der Waals surface area contributed by atoms with Gasteiger partial charge in [0.2, 0.25) is 5.78 Å². The van der Waals surface area contributed by atoms with Crippen LogP contribution in [0.25, 0.3) is 5.57 Å². The van der Waals surface area contributed by atoms with Gasteiger partial charge in [-0.15, -0.1) is 0 Å². The molecule has 0 heterocycles. The van der Waals surface area contributed by atoms with Gasteiger partial charge in [-0.25, -0.2) is 4.79 Å². The highest BCUT2D eigenvalue weighted by Crippen LogP contribution is 2.30. The second-order valence-corrected chi connectivity index (χ2v) is 6.45. The number of allylic oxidation sites excluding steroid dienone is 1. The summed E-state index contributed by atoms with van der Waals surface area (Å²) in [7, 11) is 1.23. The molecule has 0 amide bonds. The zero-order valence-electron chi connectivity index (χ0n) is 15.7. The molecule has 0 aliphatic rings. The molecule has 1 atom stereocenters. The minimum Gasteiger partial charge on any atom is -0.463 e. The number of rotatable bonds is 7. The highest BCUT2D eigenvalue weighted by Gasteiger charge is 2.21. The fraction of sp³-hybridized carbons (Fsp3) is 0.120. The van der Waals surface area contributed by atoms with E-state index in [2.05, 4.69) is 10.8 Å². The van der Waals surface area contributed by atoms with Gasteiger partial charge in [0.25, 0.3) is 0 Å². The van der Waals surface area contributed by atoms with E-state index in [0.29, 0.717) is 0 Å². The topological polar surface area (TPSA) is 43.4 Å². The van der Waals surface area contributed by atoms with Gasteiger partial charge in [-0.05, 0) is 22.3 Å². The number of benzene rings is 3. The van der Waals surface area contributed by atoms with Crippen LogP contribution >= 0.6 is 0 Å². The molecule has 3 nitrogen and oxygen atoms in total. The number of ether oxygens (including phenoxy) is 1. The van der Waals surface area contributed by atoms with Crippen molar-refractivity contribution in [3.8, 4) is 0 Å². The second-order valence-electron chi connectivity index (χ2n) is 6.45. The standard InChI is InChI=1S/C25H22O3/c1-28-25(27)24(26)18-22(19-11-5-2-6-12-19)17-23(20-13-7-3-8-14-20)21-15-9-4-10-16-21/h2-17,22H,18H2,1H3. The fourth-order valence-corrected chi connectivity index (χ4v) is 3.17. The fourth-order valence-electron chi connectivity index (χ4n) is 3.17. The van der Waals surface area contributed by atoms with Gasteiger partial charge in [0.1, 0.15) is 0 Å². The summed E-state index contributed by atoms with van der Waals surface area (Å²) in [5.41, 5.74) is 4.11. The van der Waals surface area contributed by atoms with E-state index < -0.39 is 11.8 Å². The minimum absolute atomic E-state index is 0.0554. The molecule has 3 aromatic carbocycles. The Bertz CT molecular complexity index is 903. The van der Waals surface area contributed by atoms with Crippen molar-refractivity contribution in [3.05, 3.63) is 114 Å². The number of ketones is 1. The zero-order chi connectivity index (χ0) is 19.8. The number of Topliss-reactive ketones (excluding diaryl/α,β-unsaturated/α-hetero) is 1. The van der Waals surface area contributed by atoms with E-state index in [9.17, 15) is 9.59 Å². The highest BCUT2D eigenvalue weighted by atomic mass is 16.5. The van der Waals surface area contributed by atoms with Crippen LogP contribution in [0, 0.1) is 0 Å². The number of esters is 1. The first-order valence-corrected chi connectivity index (χ1v) is 9.18. The van der Waals surface area contributed by atoms with Crippen LogP contribution in [0.15, 0.2) is 97.1 Å². The van der Waals surface area contributed by atoms with Gasteiger partial charge in [0.15, 0.2) is 0 Å². The average molecular weight is 370 g/mol. The number of carbonyl (C=O) groups excluding carboxylic acids is 2. The molecular weight excluding hydrogens is 348 g/mol. The zero-order valence-corrected chi connectivity index (χ0v) is 15.7. The summed E-state index contributed by atoms with van der Waals surface area (Å²) in [6.45, 7) is 0. The Morgan fingerprint density at radius 2 is 1.25 bits per heavy atom. The summed E-state index contributed by atoms with van der Waals surface area (Å²) in [6.07, 6.45) is 2.13. The molecule has 0 aliphatic heterocycles. The van der Waals surface area contributed by atoms with E-state index in [0.717, 1.165) is 22.3 Å². The number of methoxy groups -OCH3 is 1. The number of carbonyl (C=O) groups is 2. The SMILES string of the molecule is COC(=O)C(=O)CC(C=C(c1ccccc1)c1ccccc1)c1ccccc1. The molecule has 0 spiro atoms. The third kappa shape index (κ3) is 4.83. The predicted octanol–water partition coefficient (Wildman–Crippen LogP) is 5.03. The molecule has 0 radical (unpaired) electrons. The van der Waals surface area contributed by atoms with Crippen molar-refractivity contribution in [2.75, 3.05) is 7.11 Å². The Balaban J connectivity index is 2.08. The quantitative estimate of drug-likeness (QED) is 0.432. The Labute approximate surface area is 165 Å². The van der Waals surface area contributed by atoms with Gasteiger partial charge in [-0.1, -0.05) is 97.1 Å². The first kappa shape index (κ1) is 19.3. The molecule has 0 N–H and O–H groups in total. The first-order chi connectivity index (χ1) is 13.7. The lowest BCUT2D eigenvalue weighted by Crippen LogP contribution is -2.18. The van der Waals surface area contributed by atoms with Gasteiger partial charge in [0.05, 0.1) is 7.11 Å². The molecule has 1 unspecified atom stereocenters. The van der Waals surface area contributed by atoms with Crippen molar-refractivity contribution in [1.82, 2.24) is 0 Å². The summed E-state index contributed by atoms with van der Waals surface area (Å²) in [5.74, 6) is -1.59. The van der Waals surface area contributed by atoms with Gasteiger partial charge in [-0.2, -0.15) is 0 Å². The third-order valence-electron chi connectivity index (χ3n) is 4.58. The maximum atomic E-state index is 12.3. The molecule has 3 aromatic rings. The van der Waals surface area contributed by atoms with Gasteiger partial charge >= 0.3 is 5.97 Å². The summed E-state index contributed by atoms with van der Waals surface area (Å²) >= 11 is 0. The normalized spacial score (nSPS) is 11.3. The number of hydrogen-bond acceptors (Lipinski definition) is 3. The molecule has 0 aliphatic carbocycles. The molecule has 0 bridgehead atoms. The Morgan fingerprint density at radius 1 is 0.786 bits per heavy atom. The van der Waals surface area contributed by atoms with Crippen LogP contribution in [-0.2, 0) is 14.3 Å². The molecule has 0 fully saturated rings. The molecule has 0 saturated heterocycles. The Morgan fingerprint density at radius 3 is 1.71 bits per heavy atom. The van der Waals surface area contributed by atoms with Gasteiger partial charge in [-0.3, -0.25) is 4.79 Å². The van der Waals surface area contributed by atoms with Crippen molar-refractivity contribution in [3.63, 3.8) is 0 Å². The van der Waals surface area contributed by atoms with Crippen LogP contribution < -0.4 is 0 Å². The highest BCUT2D eigenvalue weighted by molar-refractivity contribution is 6.33. The van der Waals surface area contributed by atoms with Crippen LogP contribution in [0.5, 0.6) is 0 Å². The number of hydrogen-bond donors (Lipinski definition) is 0. The maximum absolute atomic E-state index is 12.3. The second kappa shape index (κ2) is 9.47. The van der Waals surface area contributed by atoms with Crippen LogP contribution in [0.4, 0.5) is 0 Å². The van der Waals surface area contributed by atoms with Crippen molar-refractivity contribution in [2.24, 2.45) is 0 Å². The van der Waals surface area contributed by atoms with E-state index in [1.807, 2.05) is 91.0 Å². The molecule has 140 valence electrons. The molecule has 0 aromatic heterocycles. The monoisotopic (exact) mass is 370 g/mol. The van der Waals surface area contributed by atoms with E-state index in [1.165, 1.54) is 7.11 Å². The van der Waals surface area contributed by atoms with Crippen molar-refractivity contribution < 1.29 is 14.3 Å². The van der Waals surface area contributed by atoms with Gasteiger partial charge < -0.3 is 4.74 Å². The maximum Gasteiger partial charge on any atom is 0.374 e. The summed E-state index contributed by atoms with van der Waals surface area (Å²) in [6, 6.07) is 29.8. The van der Waals surface area contributed by atoms with E-state index in [1.54, 1.807) is 0 Å². The van der Waals surface area contributed by atoms with Crippen molar-refractivity contribution >= 4 is 17.3 Å². The van der Waals surface area contributed by atoms with E-state index in [4.69, 9.17) is 0 Å². The predicted molar refractivity (Wildman–Crippen MR) is 111 cm³/mol. The molecular formula is C25H22O3. The van der Waals surface area contributed by atoms with Crippen molar-refractivity contribution in [2.45, 2.75) is 12.3 Å². The Hall–Kier alpha value is -3.46. The van der Waals surface area contributed by atoms with Crippen LogP contribution in [0.1, 0.15) is 29.0 Å². The smallest absolute Gasteiger partial charge is 0.374 e. The third-order valence-corrected chi connectivity index (χ3v) is 4.58. The lowest BCUT2D eigenvalue weighted by Gasteiger charge is -2.16. The largest absolute Gasteiger partial charge is 0.463 e. The van der Waals surface area contributed by atoms with E-state index >= 15 is 0 Å². The lowest BCUT2D eigenvalue weighted by atomic mass is 9.87. The Kier molecular flexibility index (Phi) is 6.53. The molecule has 0 saturated carbocycles. The molecule has 3 heteroatoms. The van der Waals surface area contributed by atoms with Crippen LogP contribution in [-0.4, -0.2) is 18.9 Å². The minimum atomic E-state index is -0.810.